The molecule has 1 aliphatic heterocycles. The van der Waals surface area contributed by atoms with Crippen molar-refractivity contribution in [1.29, 1.82) is 0 Å². The molecular formula is C18H19BrFN. The van der Waals surface area contributed by atoms with Crippen LogP contribution >= 0.6 is 15.9 Å². The van der Waals surface area contributed by atoms with Gasteiger partial charge < -0.3 is 5.32 Å². The van der Waals surface area contributed by atoms with Crippen molar-refractivity contribution in [3.63, 3.8) is 0 Å². The van der Waals surface area contributed by atoms with Crippen molar-refractivity contribution in [3.8, 4) is 0 Å². The van der Waals surface area contributed by atoms with Crippen LogP contribution in [0, 0.1) is 12.7 Å². The molecule has 0 radical (unpaired) electrons. The van der Waals surface area contributed by atoms with Crippen LogP contribution in [0.15, 0.2) is 46.9 Å². The smallest absolute Gasteiger partial charge is 0.126 e. The van der Waals surface area contributed by atoms with E-state index >= 15 is 0 Å². The summed E-state index contributed by atoms with van der Waals surface area (Å²) in [5.41, 5.74) is 3.25. The summed E-state index contributed by atoms with van der Waals surface area (Å²) in [6.45, 7) is 3.87. The number of hydrogen-bond acceptors (Lipinski definition) is 1. The second-order valence-electron chi connectivity index (χ2n) is 5.79. The van der Waals surface area contributed by atoms with Crippen molar-refractivity contribution in [3.05, 3.63) is 69.4 Å². The molecule has 2 aromatic carbocycles. The van der Waals surface area contributed by atoms with Gasteiger partial charge in [-0.3, -0.25) is 0 Å². The summed E-state index contributed by atoms with van der Waals surface area (Å²) in [5.74, 6) is 0.473. The van der Waals surface area contributed by atoms with Gasteiger partial charge in [-0.15, -0.1) is 0 Å². The second-order valence-corrected chi connectivity index (χ2v) is 6.70. The van der Waals surface area contributed by atoms with E-state index in [0.29, 0.717) is 5.92 Å². The Morgan fingerprint density at radius 2 is 2.00 bits per heavy atom. The predicted octanol–water partition coefficient (Wildman–Crippen LogP) is 4.76. The minimum absolute atomic E-state index is 0.0764. The highest BCUT2D eigenvalue weighted by atomic mass is 79.9. The van der Waals surface area contributed by atoms with Crippen LogP contribution in [0.4, 0.5) is 4.39 Å². The summed E-state index contributed by atoms with van der Waals surface area (Å²) in [4.78, 5) is 0. The lowest BCUT2D eigenvalue weighted by Gasteiger charge is -2.33. The average molecular weight is 348 g/mol. The number of nitrogens with one attached hydrogen (secondary N) is 1. The minimum Gasteiger partial charge on any atom is -0.316 e. The van der Waals surface area contributed by atoms with Crippen LogP contribution in [0.25, 0.3) is 0 Å². The summed E-state index contributed by atoms with van der Waals surface area (Å²) in [6.07, 6.45) is 0.970. The van der Waals surface area contributed by atoms with Crippen LogP contribution in [-0.2, 0) is 0 Å². The van der Waals surface area contributed by atoms with Crippen molar-refractivity contribution < 1.29 is 4.39 Å². The van der Waals surface area contributed by atoms with Gasteiger partial charge >= 0.3 is 0 Å². The van der Waals surface area contributed by atoms with Gasteiger partial charge in [-0.25, -0.2) is 4.39 Å². The summed E-state index contributed by atoms with van der Waals surface area (Å²) >= 11 is 3.54. The van der Waals surface area contributed by atoms with E-state index in [9.17, 15) is 4.39 Å². The Kier molecular flexibility index (Phi) is 4.41. The lowest BCUT2D eigenvalue weighted by atomic mass is 9.77. The van der Waals surface area contributed by atoms with Crippen molar-refractivity contribution in [2.75, 3.05) is 13.1 Å². The molecule has 2 aromatic rings. The number of benzene rings is 2. The van der Waals surface area contributed by atoms with E-state index in [1.54, 1.807) is 6.07 Å². The highest BCUT2D eigenvalue weighted by molar-refractivity contribution is 9.10. The maximum Gasteiger partial charge on any atom is 0.126 e. The molecular weight excluding hydrogens is 329 g/mol. The van der Waals surface area contributed by atoms with E-state index in [4.69, 9.17) is 0 Å². The average Bonchev–Trinajstić information content (AvgIpc) is 2.50. The fraction of sp³-hybridized carbons (Fsp3) is 0.333. The molecule has 1 aliphatic rings. The van der Waals surface area contributed by atoms with E-state index in [1.165, 1.54) is 5.56 Å². The molecule has 1 fully saturated rings. The number of hydrogen-bond donors (Lipinski definition) is 1. The molecule has 0 saturated carbocycles. The van der Waals surface area contributed by atoms with Crippen molar-refractivity contribution in [2.24, 2.45) is 0 Å². The van der Waals surface area contributed by atoms with E-state index in [0.717, 1.165) is 35.1 Å². The number of halogens is 2. The highest BCUT2D eigenvalue weighted by Crippen LogP contribution is 2.39. The third kappa shape index (κ3) is 3.19. The van der Waals surface area contributed by atoms with E-state index < -0.39 is 0 Å². The Balaban J connectivity index is 2.00. The normalized spacial score (nSPS) is 22.2. The number of aryl methyl sites for hydroxylation is 1. The van der Waals surface area contributed by atoms with Crippen LogP contribution < -0.4 is 5.32 Å². The van der Waals surface area contributed by atoms with Crippen LogP contribution in [0.1, 0.15) is 34.9 Å². The molecule has 0 spiro atoms. The quantitative estimate of drug-likeness (QED) is 0.825. The molecule has 1 nitrogen and oxygen atoms in total. The van der Waals surface area contributed by atoms with Gasteiger partial charge in [0, 0.05) is 16.9 Å². The van der Waals surface area contributed by atoms with Crippen LogP contribution in [-0.4, -0.2) is 13.1 Å². The van der Waals surface area contributed by atoms with E-state index in [1.807, 2.05) is 25.1 Å². The summed E-state index contributed by atoms with van der Waals surface area (Å²) < 4.78 is 15.4. The van der Waals surface area contributed by atoms with Crippen LogP contribution in [0.3, 0.4) is 0 Å². The summed E-state index contributed by atoms with van der Waals surface area (Å²) in [5, 5.41) is 3.45. The Morgan fingerprint density at radius 3 is 2.81 bits per heavy atom. The minimum atomic E-state index is -0.0764. The molecule has 3 heteroatoms. The van der Waals surface area contributed by atoms with Gasteiger partial charge in [0.1, 0.15) is 5.82 Å². The third-order valence-electron chi connectivity index (χ3n) is 4.31. The van der Waals surface area contributed by atoms with Gasteiger partial charge in [0.05, 0.1) is 0 Å². The molecule has 0 aromatic heterocycles. The van der Waals surface area contributed by atoms with Gasteiger partial charge in [-0.2, -0.15) is 0 Å². The van der Waals surface area contributed by atoms with Crippen molar-refractivity contribution >= 4 is 15.9 Å². The van der Waals surface area contributed by atoms with Gasteiger partial charge in [-0.1, -0.05) is 45.8 Å². The molecule has 1 heterocycles. The van der Waals surface area contributed by atoms with E-state index in [-0.39, 0.29) is 11.7 Å². The second kappa shape index (κ2) is 6.29. The van der Waals surface area contributed by atoms with Gasteiger partial charge in [-0.05, 0) is 55.1 Å². The zero-order valence-corrected chi connectivity index (χ0v) is 13.7. The zero-order chi connectivity index (χ0) is 14.8. The molecule has 0 bridgehead atoms. The molecule has 3 rings (SSSR count). The first-order chi connectivity index (χ1) is 10.1. The Bertz CT molecular complexity index is 641. The first kappa shape index (κ1) is 14.7. The molecule has 0 aliphatic carbocycles. The molecule has 1 saturated heterocycles. The zero-order valence-electron chi connectivity index (χ0n) is 12.1. The Morgan fingerprint density at radius 1 is 1.14 bits per heavy atom. The summed E-state index contributed by atoms with van der Waals surface area (Å²) in [6, 6.07) is 13.8. The standard InChI is InChI=1S/C18H19BrFN/c1-12-5-6-18(20)16(9-12)15-7-8-21-11-17(15)13-3-2-4-14(19)10-13/h2-6,9-10,15,17,21H,7-8,11H2,1H3. The van der Waals surface area contributed by atoms with Crippen LogP contribution in [0.2, 0.25) is 0 Å². The SMILES string of the molecule is Cc1ccc(F)c(C2CCNCC2c2cccc(Br)c2)c1. The van der Waals surface area contributed by atoms with Gasteiger partial charge in [0.25, 0.3) is 0 Å². The van der Waals surface area contributed by atoms with Crippen molar-refractivity contribution in [1.82, 2.24) is 5.32 Å². The molecule has 0 amide bonds. The monoisotopic (exact) mass is 347 g/mol. The molecule has 2 atom stereocenters. The Labute approximate surface area is 133 Å². The molecule has 110 valence electrons. The summed E-state index contributed by atoms with van der Waals surface area (Å²) in [7, 11) is 0. The predicted molar refractivity (Wildman–Crippen MR) is 88.2 cm³/mol. The molecule has 21 heavy (non-hydrogen) atoms. The topological polar surface area (TPSA) is 12.0 Å². The first-order valence-electron chi connectivity index (χ1n) is 7.37. The number of rotatable bonds is 2. The van der Waals surface area contributed by atoms with Gasteiger partial charge in [0.15, 0.2) is 0 Å². The van der Waals surface area contributed by atoms with Crippen molar-refractivity contribution in [2.45, 2.75) is 25.2 Å². The lowest BCUT2D eigenvalue weighted by molar-refractivity contribution is 0.393. The maximum absolute atomic E-state index is 14.3. The highest BCUT2D eigenvalue weighted by Gasteiger charge is 2.29. The fourth-order valence-corrected chi connectivity index (χ4v) is 3.68. The largest absolute Gasteiger partial charge is 0.316 e. The third-order valence-corrected chi connectivity index (χ3v) is 4.80. The number of piperidine rings is 1. The fourth-order valence-electron chi connectivity index (χ4n) is 3.27. The maximum atomic E-state index is 14.3. The lowest BCUT2D eigenvalue weighted by Crippen LogP contribution is -2.34. The first-order valence-corrected chi connectivity index (χ1v) is 8.16. The van der Waals surface area contributed by atoms with Gasteiger partial charge in [0.2, 0.25) is 0 Å². The van der Waals surface area contributed by atoms with E-state index in [2.05, 4.69) is 39.4 Å². The Hall–Kier alpha value is -1.19. The molecule has 1 N–H and O–H groups in total. The molecule has 2 unspecified atom stereocenters. The van der Waals surface area contributed by atoms with Crippen LogP contribution in [0.5, 0.6) is 0 Å².